The van der Waals surface area contributed by atoms with Gasteiger partial charge < -0.3 is 4.74 Å². The minimum atomic E-state index is 0.122. The van der Waals surface area contributed by atoms with E-state index in [4.69, 9.17) is 10.6 Å². The largest absolute Gasteiger partial charge is 0.377 e. The summed E-state index contributed by atoms with van der Waals surface area (Å²) in [7, 11) is 1.86. The maximum atomic E-state index is 5.71. The summed E-state index contributed by atoms with van der Waals surface area (Å²) in [4.78, 5) is 0. The third-order valence-electron chi connectivity index (χ3n) is 2.96. The van der Waals surface area contributed by atoms with Crippen molar-refractivity contribution in [3.63, 3.8) is 0 Å². The molecule has 1 aromatic heterocycles. The molecule has 1 saturated heterocycles. The van der Waals surface area contributed by atoms with Crippen molar-refractivity contribution in [2.45, 2.75) is 37.8 Å². The van der Waals surface area contributed by atoms with E-state index in [1.54, 1.807) is 4.68 Å². The van der Waals surface area contributed by atoms with Crippen LogP contribution in [0.4, 0.5) is 0 Å². The van der Waals surface area contributed by atoms with E-state index in [0.717, 1.165) is 31.6 Å². The second-order valence-electron chi connectivity index (χ2n) is 4.27. The second kappa shape index (κ2) is 5.38. The zero-order valence-corrected chi connectivity index (χ0v) is 9.59. The van der Waals surface area contributed by atoms with Crippen LogP contribution in [0.5, 0.6) is 0 Å². The number of hydrazine groups is 1. The topological polar surface area (TPSA) is 78.0 Å². The van der Waals surface area contributed by atoms with Crippen molar-refractivity contribution in [3.05, 3.63) is 11.9 Å². The van der Waals surface area contributed by atoms with Gasteiger partial charge in [0.15, 0.2) is 0 Å². The zero-order chi connectivity index (χ0) is 11.4. The Morgan fingerprint density at radius 1 is 1.69 bits per heavy atom. The molecule has 1 aliphatic rings. The Morgan fingerprint density at radius 3 is 3.12 bits per heavy atom. The summed E-state index contributed by atoms with van der Waals surface area (Å²) in [5.41, 5.74) is 3.77. The highest BCUT2D eigenvalue weighted by Gasteiger charge is 2.24. The second-order valence-corrected chi connectivity index (χ2v) is 4.27. The fourth-order valence-electron chi connectivity index (χ4n) is 2.09. The maximum Gasteiger partial charge on any atom is 0.0844 e. The van der Waals surface area contributed by atoms with Crippen LogP contribution in [-0.4, -0.2) is 33.7 Å². The van der Waals surface area contributed by atoms with Gasteiger partial charge in [-0.1, -0.05) is 5.21 Å². The summed E-state index contributed by atoms with van der Waals surface area (Å²) >= 11 is 0. The minimum Gasteiger partial charge on any atom is -0.377 e. The number of nitrogens with zero attached hydrogens (tertiary/aromatic N) is 3. The molecule has 0 amide bonds. The smallest absolute Gasteiger partial charge is 0.0844 e. The van der Waals surface area contributed by atoms with Gasteiger partial charge in [0.2, 0.25) is 0 Å². The average molecular weight is 225 g/mol. The van der Waals surface area contributed by atoms with Gasteiger partial charge in [-0.25, -0.2) is 0 Å². The summed E-state index contributed by atoms with van der Waals surface area (Å²) in [6, 6.07) is 0.122. The molecule has 0 aromatic carbocycles. The molecule has 0 bridgehead atoms. The minimum absolute atomic E-state index is 0.122. The van der Waals surface area contributed by atoms with E-state index in [9.17, 15) is 0 Å². The monoisotopic (exact) mass is 225 g/mol. The molecule has 0 radical (unpaired) electrons. The van der Waals surface area contributed by atoms with Crippen molar-refractivity contribution in [1.29, 1.82) is 0 Å². The van der Waals surface area contributed by atoms with Gasteiger partial charge in [-0.05, 0) is 19.3 Å². The molecule has 2 heterocycles. The van der Waals surface area contributed by atoms with Crippen molar-refractivity contribution < 1.29 is 4.74 Å². The van der Waals surface area contributed by atoms with Crippen molar-refractivity contribution in [1.82, 2.24) is 20.4 Å². The lowest BCUT2D eigenvalue weighted by molar-refractivity contribution is -0.00763. The molecule has 0 spiro atoms. The van der Waals surface area contributed by atoms with Crippen LogP contribution in [0, 0.1) is 0 Å². The molecule has 16 heavy (non-hydrogen) atoms. The number of nitrogens with one attached hydrogen (secondary N) is 1. The normalized spacial score (nSPS) is 23.2. The van der Waals surface area contributed by atoms with Crippen LogP contribution in [0.3, 0.4) is 0 Å². The van der Waals surface area contributed by atoms with Crippen LogP contribution in [0.2, 0.25) is 0 Å². The van der Waals surface area contributed by atoms with Crippen LogP contribution in [0.15, 0.2) is 6.20 Å². The number of rotatable bonds is 4. The molecular weight excluding hydrogens is 206 g/mol. The number of aryl methyl sites for hydroxylation is 1. The lowest BCUT2D eigenvalue weighted by Gasteiger charge is -2.29. The molecule has 2 unspecified atom stereocenters. The number of nitrogens with two attached hydrogens (primary N) is 1. The third kappa shape index (κ3) is 2.78. The maximum absolute atomic E-state index is 5.71. The van der Waals surface area contributed by atoms with Gasteiger partial charge in [0.1, 0.15) is 0 Å². The highest BCUT2D eigenvalue weighted by molar-refractivity contribution is 4.97. The highest BCUT2D eigenvalue weighted by Crippen LogP contribution is 2.17. The van der Waals surface area contributed by atoms with Crippen LogP contribution in [-0.2, 0) is 18.2 Å². The lowest BCUT2D eigenvalue weighted by Crippen LogP contribution is -2.47. The van der Waals surface area contributed by atoms with E-state index >= 15 is 0 Å². The SMILES string of the molecule is Cn1cc(CC(NN)C2CCCCO2)nn1. The Labute approximate surface area is 95.1 Å². The molecule has 3 N–H and O–H groups in total. The predicted octanol–water partition coefficient (Wildman–Crippen LogP) is -0.241. The Bertz CT molecular complexity index is 321. The number of aromatic nitrogens is 3. The zero-order valence-electron chi connectivity index (χ0n) is 9.59. The molecule has 0 saturated carbocycles. The molecule has 1 aromatic rings. The molecule has 6 nitrogen and oxygen atoms in total. The first-order valence-corrected chi connectivity index (χ1v) is 5.72. The Balaban J connectivity index is 1.94. The van der Waals surface area contributed by atoms with Gasteiger partial charge in [-0.3, -0.25) is 16.0 Å². The van der Waals surface area contributed by atoms with Crippen LogP contribution in [0.1, 0.15) is 25.0 Å². The molecule has 90 valence electrons. The predicted molar refractivity (Wildman–Crippen MR) is 59.4 cm³/mol. The van der Waals surface area contributed by atoms with Gasteiger partial charge in [0.25, 0.3) is 0 Å². The van der Waals surface area contributed by atoms with E-state index < -0.39 is 0 Å². The first-order valence-electron chi connectivity index (χ1n) is 5.72. The summed E-state index contributed by atoms with van der Waals surface area (Å²) in [6.07, 6.45) is 6.29. The van der Waals surface area contributed by atoms with E-state index in [1.807, 2.05) is 13.2 Å². The Morgan fingerprint density at radius 2 is 2.56 bits per heavy atom. The number of hydrogen-bond acceptors (Lipinski definition) is 5. The Hall–Kier alpha value is -0.980. The Kier molecular flexibility index (Phi) is 3.87. The van der Waals surface area contributed by atoms with Crippen molar-refractivity contribution in [2.75, 3.05) is 6.61 Å². The number of hydrogen-bond donors (Lipinski definition) is 2. The van der Waals surface area contributed by atoms with Crippen molar-refractivity contribution >= 4 is 0 Å². The average Bonchev–Trinajstić information content (AvgIpc) is 2.73. The van der Waals surface area contributed by atoms with Gasteiger partial charge in [0.05, 0.1) is 17.8 Å². The van der Waals surface area contributed by atoms with E-state index in [2.05, 4.69) is 15.7 Å². The van der Waals surface area contributed by atoms with Gasteiger partial charge in [-0.15, -0.1) is 5.10 Å². The van der Waals surface area contributed by atoms with Crippen molar-refractivity contribution in [2.24, 2.45) is 12.9 Å². The highest BCUT2D eigenvalue weighted by atomic mass is 16.5. The quantitative estimate of drug-likeness (QED) is 0.546. The third-order valence-corrected chi connectivity index (χ3v) is 2.96. The van der Waals surface area contributed by atoms with Crippen LogP contribution < -0.4 is 11.3 Å². The van der Waals surface area contributed by atoms with Crippen molar-refractivity contribution in [3.8, 4) is 0 Å². The first kappa shape index (κ1) is 11.5. The van der Waals surface area contributed by atoms with E-state index in [-0.39, 0.29) is 12.1 Å². The summed E-state index contributed by atoms with van der Waals surface area (Å²) in [5, 5.41) is 7.97. The van der Waals surface area contributed by atoms with E-state index in [1.165, 1.54) is 6.42 Å². The lowest BCUT2D eigenvalue weighted by atomic mass is 9.99. The summed E-state index contributed by atoms with van der Waals surface area (Å²) < 4.78 is 7.41. The molecular formula is C10H19N5O. The summed E-state index contributed by atoms with van der Waals surface area (Å²) in [5.74, 6) is 5.57. The van der Waals surface area contributed by atoms with E-state index in [0.29, 0.717) is 0 Å². The van der Waals surface area contributed by atoms with Gasteiger partial charge in [0, 0.05) is 26.3 Å². The van der Waals surface area contributed by atoms with Gasteiger partial charge in [-0.2, -0.15) is 0 Å². The molecule has 2 atom stereocenters. The fraction of sp³-hybridized carbons (Fsp3) is 0.800. The van der Waals surface area contributed by atoms with Crippen LogP contribution >= 0.6 is 0 Å². The first-order chi connectivity index (χ1) is 7.79. The molecule has 2 rings (SSSR count). The molecule has 1 fully saturated rings. The standard InChI is InChI=1S/C10H19N5O/c1-15-7-8(13-14-15)6-9(12-11)10-4-2-3-5-16-10/h7,9-10,12H,2-6,11H2,1H3. The van der Waals surface area contributed by atoms with Gasteiger partial charge >= 0.3 is 0 Å². The van der Waals surface area contributed by atoms with Crippen LogP contribution in [0.25, 0.3) is 0 Å². The molecule has 0 aliphatic carbocycles. The summed E-state index contributed by atoms with van der Waals surface area (Å²) in [6.45, 7) is 0.837. The number of ether oxygens (including phenoxy) is 1. The molecule has 6 heteroatoms. The fourth-order valence-corrected chi connectivity index (χ4v) is 2.09. The molecule has 1 aliphatic heterocycles.